The van der Waals surface area contributed by atoms with Crippen LogP contribution in [-0.4, -0.2) is 31.2 Å². The predicted octanol–water partition coefficient (Wildman–Crippen LogP) is 3.07. The van der Waals surface area contributed by atoms with Gasteiger partial charge in [-0.1, -0.05) is 30.3 Å². The summed E-state index contributed by atoms with van der Waals surface area (Å²) >= 11 is 0. The van der Waals surface area contributed by atoms with Gasteiger partial charge >= 0.3 is 6.03 Å². The molecule has 0 fully saturated rings. The van der Waals surface area contributed by atoms with E-state index in [0.29, 0.717) is 19.7 Å². The van der Waals surface area contributed by atoms with Crippen LogP contribution in [0.2, 0.25) is 0 Å². The van der Waals surface area contributed by atoms with Crippen LogP contribution in [0.15, 0.2) is 42.6 Å². The van der Waals surface area contributed by atoms with Gasteiger partial charge in [-0.05, 0) is 36.6 Å². The van der Waals surface area contributed by atoms with Crippen LogP contribution >= 0.6 is 0 Å². The Morgan fingerprint density at radius 2 is 1.77 bits per heavy atom. The summed E-state index contributed by atoms with van der Waals surface area (Å²) in [4.78, 5) is 18.3. The van der Waals surface area contributed by atoms with Crippen LogP contribution in [0, 0.1) is 0 Å². The van der Waals surface area contributed by atoms with E-state index in [4.69, 9.17) is 4.74 Å². The second kappa shape index (κ2) is 9.77. The van der Waals surface area contributed by atoms with Gasteiger partial charge in [0.1, 0.15) is 5.82 Å². The number of amides is 2. The van der Waals surface area contributed by atoms with Crippen molar-refractivity contribution in [2.24, 2.45) is 0 Å². The summed E-state index contributed by atoms with van der Waals surface area (Å²) in [6.07, 6.45) is 1.94. The van der Waals surface area contributed by atoms with Crippen LogP contribution in [0.3, 0.4) is 0 Å². The molecule has 0 atom stereocenters. The average Bonchev–Trinajstić information content (AvgIpc) is 2.63. The van der Waals surface area contributed by atoms with Crippen molar-refractivity contribution in [3.63, 3.8) is 0 Å². The molecule has 1 aromatic heterocycles. The van der Waals surface area contributed by atoms with Gasteiger partial charge in [-0.25, -0.2) is 9.78 Å². The first-order valence-electron chi connectivity index (χ1n) is 8.78. The normalized spacial score (nSPS) is 10.7. The Kier molecular flexibility index (Phi) is 7.41. The minimum absolute atomic E-state index is 0.173. The van der Waals surface area contributed by atoms with Gasteiger partial charge in [0.25, 0.3) is 0 Å². The number of rotatable bonds is 8. The zero-order chi connectivity index (χ0) is 18.9. The van der Waals surface area contributed by atoms with Gasteiger partial charge in [-0.3, -0.25) is 0 Å². The molecule has 0 unspecified atom stereocenters. The van der Waals surface area contributed by atoms with Crippen LogP contribution in [-0.2, 0) is 24.4 Å². The first-order valence-corrected chi connectivity index (χ1v) is 8.78. The maximum Gasteiger partial charge on any atom is 0.315 e. The number of nitrogens with one attached hydrogen (secondary N) is 2. The number of anilines is 1. The van der Waals surface area contributed by atoms with Crippen LogP contribution in [0.25, 0.3) is 0 Å². The first-order chi connectivity index (χ1) is 12.5. The van der Waals surface area contributed by atoms with Gasteiger partial charge in [0.2, 0.25) is 0 Å². The molecule has 26 heavy (non-hydrogen) atoms. The molecule has 0 radical (unpaired) electrons. The highest BCUT2D eigenvalue weighted by atomic mass is 16.5. The number of benzene rings is 1. The molecule has 1 heterocycles. The first kappa shape index (κ1) is 19.7. The lowest BCUT2D eigenvalue weighted by Crippen LogP contribution is -2.34. The molecule has 6 nitrogen and oxygen atoms in total. The van der Waals surface area contributed by atoms with E-state index >= 15 is 0 Å². The van der Waals surface area contributed by atoms with Crippen LogP contribution in [0.5, 0.6) is 0 Å². The molecule has 0 aliphatic carbocycles. The Labute approximate surface area is 155 Å². The van der Waals surface area contributed by atoms with Gasteiger partial charge in [0.05, 0.1) is 12.7 Å². The number of carbonyl (C=O) groups excluding carboxylic acids is 1. The third-order valence-corrected chi connectivity index (χ3v) is 3.85. The van der Waals surface area contributed by atoms with Crippen molar-refractivity contribution < 1.29 is 9.53 Å². The molecule has 2 amide bonds. The molecule has 2 rings (SSSR count). The van der Waals surface area contributed by atoms with Crippen molar-refractivity contribution in [1.29, 1.82) is 0 Å². The minimum Gasteiger partial charge on any atom is -0.374 e. The average molecular weight is 356 g/mol. The van der Waals surface area contributed by atoms with E-state index in [0.717, 1.165) is 22.5 Å². The van der Waals surface area contributed by atoms with Crippen molar-refractivity contribution >= 4 is 11.8 Å². The number of urea groups is 1. The summed E-state index contributed by atoms with van der Waals surface area (Å²) in [6.45, 7) is 5.45. The van der Waals surface area contributed by atoms with Gasteiger partial charge in [0, 0.05) is 33.4 Å². The monoisotopic (exact) mass is 356 g/mol. The lowest BCUT2D eigenvalue weighted by Gasteiger charge is -2.14. The summed E-state index contributed by atoms with van der Waals surface area (Å²) in [5.74, 6) is 0.887. The number of ether oxygens (including phenoxy) is 1. The Morgan fingerprint density at radius 3 is 2.38 bits per heavy atom. The van der Waals surface area contributed by atoms with E-state index < -0.39 is 0 Å². The van der Waals surface area contributed by atoms with E-state index in [1.54, 1.807) is 6.20 Å². The zero-order valence-electron chi connectivity index (χ0n) is 16.0. The largest absolute Gasteiger partial charge is 0.374 e. The highest BCUT2D eigenvalue weighted by molar-refractivity contribution is 5.73. The smallest absolute Gasteiger partial charge is 0.315 e. The topological polar surface area (TPSA) is 66.5 Å². The Morgan fingerprint density at radius 1 is 1.08 bits per heavy atom. The summed E-state index contributed by atoms with van der Waals surface area (Å²) in [5.41, 5.74) is 3.10. The highest BCUT2D eigenvalue weighted by Crippen LogP contribution is 2.11. The Balaban J connectivity index is 1.81. The fraction of sp³-hybridized carbons (Fsp3) is 0.400. The number of hydrogen-bond donors (Lipinski definition) is 2. The second-order valence-electron chi connectivity index (χ2n) is 6.58. The molecule has 0 aliphatic rings. The van der Waals surface area contributed by atoms with Gasteiger partial charge < -0.3 is 20.3 Å². The molecular formula is C20H28N4O2. The number of hydrogen-bond acceptors (Lipinski definition) is 4. The molecule has 1 aromatic carbocycles. The van der Waals surface area contributed by atoms with E-state index in [1.807, 2.05) is 69.2 Å². The molecule has 0 spiro atoms. The lowest BCUT2D eigenvalue weighted by atomic mass is 10.1. The van der Waals surface area contributed by atoms with Crippen LogP contribution in [0.4, 0.5) is 10.6 Å². The van der Waals surface area contributed by atoms with E-state index in [1.165, 1.54) is 0 Å². The summed E-state index contributed by atoms with van der Waals surface area (Å²) in [6, 6.07) is 11.7. The lowest BCUT2D eigenvalue weighted by molar-refractivity contribution is 0.0652. The maximum absolute atomic E-state index is 12.1. The van der Waals surface area contributed by atoms with Crippen LogP contribution < -0.4 is 15.5 Å². The van der Waals surface area contributed by atoms with Gasteiger partial charge in [0.15, 0.2) is 0 Å². The third kappa shape index (κ3) is 6.37. The van der Waals surface area contributed by atoms with Gasteiger partial charge in [-0.2, -0.15) is 0 Å². The van der Waals surface area contributed by atoms with Crippen molar-refractivity contribution in [3.8, 4) is 0 Å². The van der Waals surface area contributed by atoms with E-state index in [2.05, 4.69) is 15.6 Å². The van der Waals surface area contributed by atoms with Gasteiger partial charge in [-0.15, -0.1) is 0 Å². The minimum atomic E-state index is -0.207. The molecule has 2 N–H and O–H groups in total. The Bertz CT molecular complexity index is 699. The molecule has 2 aromatic rings. The van der Waals surface area contributed by atoms with Crippen molar-refractivity contribution in [2.75, 3.05) is 19.0 Å². The number of carbonyl (C=O) groups is 1. The molecule has 0 saturated heterocycles. The molecule has 0 bridgehead atoms. The van der Waals surface area contributed by atoms with E-state index in [9.17, 15) is 4.79 Å². The number of nitrogens with zero attached hydrogens (tertiary/aromatic N) is 2. The summed E-state index contributed by atoms with van der Waals surface area (Å²) < 4.78 is 5.67. The fourth-order valence-electron chi connectivity index (χ4n) is 2.33. The number of aromatic nitrogens is 1. The zero-order valence-corrected chi connectivity index (χ0v) is 16.0. The standard InChI is InChI=1S/C20H28N4O2/c1-15(2)26-14-18-8-6-5-7-17(18)13-23-20(25)22-12-16-9-10-19(21-11-16)24(3)4/h5-11,15H,12-14H2,1-4H3,(H2,22,23,25). The number of pyridine rings is 1. The van der Waals surface area contributed by atoms with Crippen molar-refractivity contribution in [3.05, 3.63) is 59.3 Å². The summed E-state index contributed by atoms with van der Waals surface area (Å²) in [5, 5.41) is 5.75. The second-order valence-corrected chi connectivity index (χ2v) is 6.58. The van der Waals surface area contributed by atoms with Crippen molar-refractivity contribution in [2.45, 2.75) is 39.6 Å². The Hall–Kier alpha value is -2.60. The maximum atomic E-state index is 12.1. The molecule has 6 heteroatoms. The third-order valence-electron chi connectivity index (χ3n) is 3.85. The SMILES string of the molecule is CC(C)OCc1ccccc1CNC(=O)NCc1ccc(N(C)C)nc1. The van der Waals surface area contributed by atoms with E-state index in [-0.39, 0.29) is 12.1 Å². The fourth-order valence-corrected chi connectivity index (χ4v) is 2.33. The molecular weight excluding hydrogens is 328 g/mol. The van der Waals surface area contributed by atoms with Crippen molar-refractivity contribution in [1.82, 2.24) is 15.6 Å². The predicted molar refractivity (Wildman–Crippen MR) is 104 cm³/mol. The molecule has 0 saturated carbocycles. The molecule has 0 aliphatic heterocycles. The summed E-state index contributed by atoms with van der Waals surface area (Å²) in [7, 11) is 3.88. The quantitative estimate of drug-likeness (QED) is 0.763. The van der Waals surface area contributed by atoms with Crippen LogP contribution in [0.1, 0.15) is 30.5 Å². The molecule has 140 valence electrons. The highest BCUT2D eigenvalue weighted by Gasteiger charge is 2.06.